The van der Waals surface area contributed by atoms with E-state index in [0.29, 0.717) is 17.6 Å². The molecule has 1 amide bonds. The minimum absolute atomic E-state index is 0.0596. The predicted molar refractivity (Wildman–Crippen MR) is 125 cm³/mol. The van der Waals surface area contributed by atoms with E-state index in [9.17, 15) is 14.4 Å². The van der Waals surface area contributed by atoms with Gasteiger partial charge in [0.05, 0.1) is 5.39 Å². The second-order valence-corrected chi connectivity index (χ2v) is 10.6. The van der Waals surface area contributed by atoms with Crippen LogP contribution in [0, 0.1) is 30.1 Å². The number of amides is 1. The highest BCUT2D eigenvalue weighted by molar-refractivity contribution is 5.94. The second-order valence-electron chi connectivity index (χ2n) is 10.6. The Morgan fingerprint density at radius 1 is 1.18 bits per heavy atom. The highest BCUT2D eigenvalue weighted by Gasteiger charge is 2.53. The van der Waals surface area contributed by atoms with E-state index in [1.165, 1.54) is 44.7 Å². The number of fused-ring (bicyclic) bond motifs is 1. The van der Waals surface area contributed by atoms with Crippen molar-refractivity contribution in [1.82, 2.24) is 14.9 Å². The maximum atomic E-state index is 12.9. The summed E-state index contributed by atoms with van der Waals surface area (Å²) in [5.41, 5.74) is 1.03. The van der Waals surface area contributed by atoms with E-state index in [4.69, 9.17) is 4.74 Å². The number of nitrogens with zero attached hydrogens (tertiary/aromatic N) is 2. The van der Waals surface area contributed by atoms with E-state index in [1.54, 1.807) is 16.7 Å². The van der Waals surface area contributed by atoms with Gasteiger partial charge in [-0.2, -0.15) is 0 Å². The number of hydrogen-bond donors (Lipinski definition) is 1. The van der Waals surface area contributed by atoms with Crippen molar-refractivity contribution in [3.05, 3.63) is 39.8 Å². The molecular formula is C26H33N3O4. The van der Waals surface area contributed by atoms with Gasteiger partial charge in [0, 0.05) is 24.5 Å². The van der Waals surface area contributed by atoms with Crippen molar-refractivity contribution in [2.75, 3.05) is 6.61 Å². The highest BCUT2D eigenvalue weighted by atomic mass is 16.5. The summed E-state index contributed by atoms with van der Waals surface area (Å²) in [7, 11) is 0. The quantitative estimate of drug-likeness (QED) is 0.678. The van der Waals surface area contributed by atoms with Crippen LogP contribution >= 0.6 is 0 Å². The number of aryl methyl sites for hydroxylation is 2. The van der Waals surface area contributed by atoms with E-state index in [-0.39, 0.29) is 29.5 Å². The van der Waals surface area contributed by atoms with E-state index in [0.717, 1.165) is 23.4 Å². The minimum Gasteiger partial charge on any atom is -0.452 e. The molecule has 33 heavy (non-hydrogen) atoms. The fourth-order valence-electron chi connectivity index (χ4n) is 7.10. The molecule has 1 atom stereocenters. The minimum atomic E-state index is -0.776. The zero-order chi connectivity index (χ0) is 23.3. The topological polar surface area (TPSA) is 90.3 Å². The first-order valence-corrected chi connectivity index (χ1v) is 12.3. The summed E-state index contributed by atoms with van der Waals surface area (Å²) in [5.74, 6) is 1.34. The molecule has 2 aromatic rings. The molecule has 4 aliphatic rings. The van der Waals surface area contributed by atoms with Crippen LogP contribution in [0.3, 0.4) is 0 Å². The van der Waals surface area contributed by atoms with Gasteiger partial charge < -0.3 is 14.6 Å². The van der Waals surface area contributed by atoms with Gasteiger partial charge in [-0.05, 0) is 94.6 Å². The number of rotatable bonds is 6. The maximum Gasteiger partial charge on any atom is 0.344 e. The van der Waals surface area contributed by atoms with Gasteiger partial charge in [0.1, 0.15) is 11.2 Å². The molecule has 0 aromatic carbocycles. The third kappa shape index (κ3) is 3.96. The summed E-state index contributed by atoms with van der Waals surface area (Å²) >= 11 is 0. The molecule has 0 saturated heterocycles. The van der Waals surface area contributed by atoms with Crippen LogP contribution in [0.1, 0.15) is 68.4 Å². The largest absolute Gasteiger partial charge is 0.452 e. The van der Waals surface area contributed by atoms with Crippen LogP contribution in [-0.2, 0) is 16.1 Å². The van der Waals surface area contributed by atoms with E-state index >= 15 is 0 Å². The van der Waals surface area contributed by atoms with Crippen LogP contribution in [0.5, 0.6) is 0 Å². The first kappa shape index (κ1) is 22.1. The third-order valence-corrected chi connectivity index (χ3v) is 8.34. The van der Waals surface area contributed by atoms with Gasteiger partial charge in [-0.15, -0.1) is 0 Å². The normalized spacial score (nSPS) is 28.6. The Morgan fingerprint density at radius 3 is 2.42 bits per heavy atom. The molecule has 176 valence electrons. The first-order chi connectivity index (χ1) is 15.8. The lowest BCUT2D eigenvalue weighted by atomic mass is 9.48. The number of esters is 1. The van der Waals surface area contributed by atoms with Crippen molar-refractivity contribution < 1.29 is 14.3 Å². The van der Waals surface area contributed by atoms with Gasteiger partial charge >= 0.3 is 5.97 Å². The van der Waals surface area contributed by atoms with Gasteiger partial charge in [-0.1, -0.05) is 0 Å². The molecule has 7 heteroatoms. The van der Waals surface area contributed by atoms with E-state index in [2.05, 4.69) is 17.2 Å². The van der Waals surface area contributed by atoms with Crippen LogP contribution < -0.4 is 10.7 Å². The summed E-state index contributed by atoms with van der Waals surface area (Å²) in [6, 6.07) is 3.49. The number of hydrogen-bond acceptors (Lipinski definition) is 5. The fourth-order valence-corrected chi connectivity index (χ4v) is 7.10. The summed E-state index contributed by atoms with van der Waals surface area (Å²) in [6.07, 6.45) is 9.13. The number of carbonyl (C=O) groups excluding carboxylic acids is 2. The molecular weight excluding hydrogens is 418 g/mol. The molecule has 4 bridgehead atoms. The van der Waals surface area contributed by atoms with Crippen LogP contribution in [0.25, 0.3) is 11.0 Å². The summed E-state index contributed by atoms with van der Waals surface area (Å²) in [4.78, 5) is 42.7. The van der Waals surface area contributed by atoms with Crippen LogP contribution in [0.4, 0.5) is 0 Å². The molecule has 4 aliphatic carbocycles. The zero-order valence-corrected chi connectivity index (χ0v) is 19.7. The van der Waals surface area contributed by atoms with Crippen LogP contribution in [0.2, 0.25) is 0 Å². The lowest BCUT2D eigenvalue weighted by Gasteiger charge is -2.59. The summed E-state index contributed by atoms with van der Waals surface area (Å²) in [5, 5.41) is 3.48. The van der Waals surface area contributed by atoms with Crippen molar-refractivity contribution in [2.45, 2.75) is 71.9 Å². The maximum absolute atomic E-state index is 12.9. The molecule has 0 radical (unpaired) electrons. The Hall–Kier alpha value is -2.70. The average molecular weight is 452 g/mol. The number of aromatic nitrogens is 2. The number of nitrogens with one attached hydrogen (secondary N) is 1. The SMILES string of the molecule is CCn1cc(C(=O)OCC(=O)N[C@H](C)C23CC4CC(CC(C4)C2)C3)c(=O)c2ccc(C)nc21. The smallest absolute Gasteiger partial charge is 0.344 e. The Labute approximate surface area is 193 Å². The van der Waals surface area contributed by atoms with Crippen molar-refractivity contribution in [3.8, 4) is 0 Å². The lowest BCUT2D eigenvalue weighted by Crippen LogP contribution is -2.56. The van der Waals surface area contributed by atoms with Gasteiger partial charge in [0.2, 0.25) is 5.43 Å². The van der Waals surface area contributed by atoms with Crippen molar-refractivity contribution >= 4 is 22.9 Å². The van der Waals surface area contributed by atoms with Gasteiger partial charge in [-0.25, -0.2) is 9.78 Å². The number of pyridine rings is 2. The van der Waals surface area contributed by atoms with Crippen LogP contribution in [-0.4, -0.2) is 34.1 Å². The molecule has 1 N–H and O–H groups in total. The molecule has 4 saturated carbocycles. The van der Waals surface area contributed by atoms with E-state index in [1.807, 2.05) is 13.8 Å². The Bertz CT molecular complexity index is 1130. The first-order valence-electron chi connectivity index (χ1n) is 12.3. The average Bonchev–Trinajstić information content (AvgIpc) is 2.76. The molecule has 2 heterocycles. The standard InChI is InChI=1S/C26H33N3O4/c1-4-29-13-21(23(31)20-6-5-15(2)27-24(20)29)25(32)33-14-22(30)28-16(3)26-10-17-7-18(11-26)9-19(8-17)12-26/h5-6,13,16-19H,4,7-12,14H2,1-3H3,(H,28,30)/t16-,17?,18?,19?,26?/m1/s1. The van der Waals surface area contributed by atoms with Crippen LogP contribution in [0.15, 0.2) is 23.1 Å². The van der Waals surface area contributed by atoms with Crippen molar-refractivity contribution in [1.29, 1.82) is 0 Å². The molecule has 4 fully saturated rings. The zero-order valence-electron chi connectivity index (χ0n) is 19.7. The fraction of sp³-hybridized carbons (Fsp3) is 0.615. The molecule has 7 nitrogen and oxygen atoms in total. The number of carbonyl (C=O) groups is 2. The second kappa shape index (κ2) is 8.26. The van der Waals surface area contributed by atoms with Crippen molar-refractivity contribution in [3.63, 3.8) is 0 Å². The lowest BCUT2D eigenvalue weighted by molar-refractivity contribution is -0.128. The van der Waals surface area contributed by atoms with Crippen molar-refractivity contribution in [2.24, 2.45) is 23.2 Å². The predicted octanol–water partition coefficient (Wildman–Crippen LogP) is 3.60. The third-order valence-electron chi connectivity index (χ3n) is 8.34. The molecule has 0 spiro atoms. The summed E-state index contributed by atoms with van der Waals surface area (Å²) < 4.78 is 7.04. The van der Waals surface area contributed by atoms with E-state index < -0.39 is 11.4 Å². The number of ether oxygens (including phenoxy) is 1. The Kier molecular flexibility index (Phi) is 5.53. The van der Waals surface area contributed by atoms with Gasteiger partial charge in [0.25, 0.3) is 5.91 Å². The summed E-state index contributed by atoms with van der Waals surface area (Å²) in [6.45, 7) is 6.05. The van der Waals surface area contributed by atoms with Gasteiger partial charge in [-0.3, -0.25) is 9.59 Å². The Morgan fingerprint density at radius 2 is 1.82 bits per heavy atom. The molecule has 6 rings (SSSR count). The molecule has 0 unspecified atom stereocenters. The Balaban J connectivity index is 1.25. The highest BCUT2D eigenvalue weighted by Crippen LogP contribution is 2.61. The molecule has 0 aliphatic heterocycles. The molecule has 2 aromatic heterocycles. The van der Waals surface area contributed by atoms with Gasteiger partial charge in [0.15, 0.2) is 6.61 Å². The monoisotopic (exact) mass is 451 g/mol.